The maximum atomic E-state index is 12.0. The number of hydrogen-bond acceptors (Lipinski definition) is 10. The Kier molecular flexibility index (Phi) is 7.49. The molecule has 0 bridgehead atoms. The lowest BCUT2D eigenvalue weighted by Crippen LogP contribution is -2.32. The number of hydrogen-bond donors (Lipinski definition) is 3. The summed E-state index contributed by atoms with van der Waals surface area (Å²) in [5, 5.41) is 23.6. The molecule has 12 heteroatoms. The summed E-state index contributed by atoms with van der Waals surface area (Å²) in [6, 6.07) is 0. The van der Waals surface area contributed by atoms with Crippen molar-refractivity contribution in [1.29, 1.82) is 0 Å². The van der Waals surface area contributed by atoms with E-state index in [1.165, 1.54) is 24.1 Å². The quantitative estimate of drug-likeness (QED) is 0.360. The van der Waals surface area contributed by atoms with Crippen LogP contribution >= 0.6 is 0 Å². The second-order valence-electron chi connectivity index (χ2n) is 7.48. The molecule has 0 saturated carbocycles. The molecule has 0 unspecified atom stereocenters. The fourth-order valence-corrected chi connectivity index (χ4v) is 3.13. The number of imidazole rings is 1. The van der Waals surface area contributed by atoms with Crippen molar-refractivity contribution < 1.29 is 34.0 Å². The number of ether oxygens (including phenoxy) is 3. The molecule has 4 atom stereocenters. The molecule has 1 fully saturated rings. The second-order valence-corrected chi connectivity index (χ2v) is 7.48. The Hall–Kier alpha value is -2.67. The maximum Gasteiger partial charge on any atom is 0.302 e. The van der Waals surface area contributed by atoms with Gasteiger partial charge in [-0.3, -0.25) is 14.2 Å². The van der Waals surface area contributed by atoms with Gasteiger partial charge in [-0.05, 0) is 6.42 Å². The third-order valence-electron chi connectivity index (χ3n) is 4.82. The van der Waals surface area contributed by atoms with Gasteiger partial charge in [-0.2, -0.15) is 0 Å². The summed E-state index contributed by atoms with van der Waals surface area (Å²) in [5.74, 6) is -0.573. The van der Waals surface area contributed by atoms with Crippen LogP contribution in [0.25, 0.3) is 11.2 Å². The highest BCUT2D eigenvalue weighted by atomic mass is 16.6. The summed E-state index contributed by atoms with van der Waals surface area (Å²) in [4.78, 5) is 35.3. The summed E-state index contributed by atoms with van der Waals surface area (Å²) >= 11 is 0. The van der Waals surface area contributed by atoms with Crippen molar-refractivity contribution in [3.8, 4) is 0 Å². The molecule has 0 aromatic carbocycles. The molecule has 0 radical (unpaired) electrons. The van der Waals surface area contributed by atoms with E-state index >= 15 is 0 Å². The Bertz CT molecular complexity index is 918. The van der Waals surface area contributed by atoms with Gasteiger partial charge in [-0.1, -0.05) is 13.8 Å². The summed E-state index contributed by atoms with van der Waals surface area (Å²) in [7, 11) is 0. The van der Waals surface area contributed by atoms with E-state index in [1.807, 2.05) is 0 Å². The van der Waals surface area contributed by atoms with Gasteiger partial charge < -0.3 is 29.7 Å². The van der Waals surface area contributed by atoms with Gasteiger partial charge in [0.2, 0.25) is 5.91 Å². The molecule has 0 aliphatic carbocycles. The average Bonchev–Trinajstić information content (AvgIpc) is 3.27. The first kappa shape index (κ1) is 23.0. The molecule has 2 aromatic rings. The van der Waals surface area contributed by atoms with Crippen molar-refractivity contribution in [2.45, 2.75) is 51.7 Å². The number of nitrogens with zero attached hydrogens (tertiary/aromatic N) is 4. The van der Waals surface area contributed by atoms with Crippen LogP contribution in [0.15, 0.2) is 12.7 Å². The normalized spacial score (nSPS) is 23.4. The minimum Gasteiger partial charge on any atom is -0.463 e. The zero-order valence-electron chi connectivity index (χ0n) is 17.6. The van der Waals surface area contributed by atoms with E-state index in [2.05, 4.69) is 20.3 Å². The number of aromatic nitrogens is 4. The number of fused-ring (bicyclic) bond motifs is 1. The zero-order chi connectivity index (χ0) is 22.5. The number of esters is 1. The van der Waals surface area contributed by atoms with Crippen LogP contribution in [0.4, 0.5) is 5.82 Å². The van der Waals surface area contributed by atoms with E-state index in [0.29, 0.717) is 17.6 Å². The van der Waals surface area contributed by atoms with Crippen LogP contribution in [0.1, 0.15) is 33.4 Å². The van der Waals surface area contributed by atoms with Crippen molar-refractivity contribution in [2.24, 2.45) is 5.92 Å². The van der Waals surface area contributed by atoms with Gasteiger partial charge in [0.05, 0.1) is 19.0 Å². The number of carbonyl (C=O) groups is 2. The summed E-state index contributed by atoms with van der Waals surface area (Å²) in [5.41, 5.74) is 0.697. The fraction of sp³-hybridized carbons (Fsp3) is 0.632. The van der Waals surface area contributed by atoms with E-state index < -0.39 is 24.5 Å². The Morgan fingerprint density at radius 1 is 1.19 bits per heavy atom. The van der Waals surface area contributed by atoms with E-state index in [9.17, 15) is 19.8 Å². The lowest BCUT2D eigenvalue weighted by Gasteiger charge is -2.16. The van der Waals surface area contributed by atoms with Gasteiger partial charge in [-0.15, -0.1) is 0 Å². The van der Waals surface area contributed by atoms with Crippen LogP contribution in [0.3, 0.4) is 0 Å². The van der Waals surface area contributed by atoms with Crippen molar-refractivity contribution in [3.05, 3.63) is 12.7 Å². The van der Waals surface area contributed by atoms with E-state index in [4.69, 9.17) is 14.2 Å². The molecule has 12 nitrogen and oxygen atoms in total. The van der Waals surface area contributed by atoms with Crippen molar-refractivity contribution in [2.75, 3.05) is 25.1 Å². The van der Waals surface area contributed by atoms with Crippen LogP contribution in [-0.4, -0.2) is 79.7 Å². The predicted molar refractivity (Wildman–Crippen MR) is 107 cm³/mol. The average molecular weight is 437 g/mol. The van der Waals surface area contributed by atoms with E-state index in [-0.39, 0.29) is 43.4 Å². The Labute approximate surface area is 178 Å². The number of rotatable bonds is 9. The SMILES string of the molecule is CC(=O)OCCOCC[C@H]1O[C@@H](n2cnc3c(NC(=O)C(C)C)ncnc32)[C@H](O)[C@@H]1O. The van der Waals surface area contributed by atoms with Crippen LogP contribution < -0.4 is 5.32 Å². The summed E-state index contributed by atoms with van der Waals surface area (Å²) in [6.07, 6.45) is -0.922. The largest absolute Gasteiger partial charge is 0.463 e. The molecule has 170 valence electrons. The number of amides is 1. The lowest BCUT2D eigenvalue weighted by atomic mass is 10.1. The van der Waals surface area contributed by atoms with Gasteiger partial charge in [-0.25, -0.2) is 15.0 Å². The number of aliphatic hydroxyl groups is 2. The Morgan fingerprint density at radius 3 is 2.68 bits per heavy atom. The first-order valence-electron chi connectivity index (χ1n) is 10.0. The topological polar surface area (TPSA) is 158 Å². The number of aliphatic hydroxyl groups excluding tert-OH is 2. The maximum absolute atomic E-state index is 12.0. The molecule has 3 N–H and O–H groups in total. The van der Waals surface area contributed by atoms with Gasteiger partial charge in [0.15, 0.2) is 23.2 Å². The number of nitrogens with one attached hydrogen (secondary N) is 1. The van der Waals surface area contributed by atoms with Gasteiger partial charge in [0.1, 0.15) is 25.1 Å². The molecule has 1 aliphatic heterocycles. The summed E-state index contributed by atoms with van der Waals surface area (Å²) in [6.45, 7) is 5.46. The van der Waals surface area contributed by atoms with Crippen LogP contribution in [0, 0.1) is 5.92 Å². The second kappa shape index (κ2) is 10.1. The van der Waals surface area contributed by atoms with Gasteiger partial charge >= 0.3 is 5.97 Å². The van der Waals surface area contributed by atoms with Crippen LogP contribution in [0.5, 0.6) is 0 Å². The Balaban J connectivity index is 1.66. The predicted octanol–water partition coefficient (Wildman–Crippen LogP) is 0.00980. The van der Waals surface area contributed by atoms with Crippen molar-refractivity contribution in [1.82, 2.24) is 19.5 Å². The van der Waals surface area contributed by atoms with Crippen molar-refractivity contribution in [3.63, 3.8) is 0 Å². The molecule has 2 aromatic heterocycles. The zero-order valence-corrected chi connectivity index (χ0v) is 17.6. The minimum atomic E-state index is -1.22. The van der Waals surface area contributed by atoms with Gasteiger partial charge in [0.25, 0.3) is 0 Å². The number of anilines is 1. The first-order valence-corrected chi connectivity index (χ1v) is 10.0. The minimum absolute atomic E-state index is 0.144. The monoisotopic (exact) mass is 437 g/mol. The first-order chi connectivity index (χ1) is 14.8. The third kappa shape index (κ3) is 5.34. The van der Waals surface area contributed by atoms with Crippen molar-refractivity contribution >= 4 is 28.9 Å². The number of carbonyl (C=O) groups excluding carboxylic acids is 2. The molecule has 1 saturated heterocycles. The van der Waals surface area contributed by atoms with Crippen LogP contribution in [0.2, 0.25) is 0 Å². The van der Waals surface area contributed by atoms with E-state index in [1.54, 1.807) is 13.8 Å². The standard InChI is InChI=1S/C19H27N5O7/c1-10(2)18(28)23-16-13-17(21-8-20-16)24(9-22-13)19-15(27)14(26)12(31-19)4-5-29-6-7-30-11(3)25/h8-10,12,14-15,19,26-27H,4-7H2,1-3H3,(H,20,21,23,28)/t12-,14-,15-,19-/m1/s1. The molecule has 0 spiro atoms. The fourth-order valence-electron chi connectivity index (χ4n) is 3.13. The highest BCUT2D eigenvalue weighted by Gasteiger charge is 2.44. The highest BCUT2D eigenvalue weighted by molar-refractivity contribution is 5.97. The highest BCUT2D eigenvalue weighted by Crippen LogP contribution is 2.33. The molecule has 1 aliphatic rings. The van der Waals surface area contributed by atoms with Crippen LogP contribution in [-0.2, 0) is 23.8 Å². The molecule has 31 heavy (non-hydrogen) atoms. The lowest BCUT2D eigenvalue weighted by molar-refractivity contribution is -0.142. The molecule has 1 amide bonds. The molecular formula is C19H27N5O7. The summed E-state index contributed by atoms with van der Waals surface area (Å²) < 4.78 is 17.5. The molecular weight excluding hydrogens is 410 g/mol. The smallest absolute Gasteiger partial charge is 0.302 e. The molecule has 3 heterocycles. The van der Waals surface area contributed by atoms with E-state index in [0.717, 1.165) is 0 Å². The Morgan fingerprint density at radius 2 is 1.97 bits per heavy atom. The molecule has 3 rings (SSSR count). The third-order valence-corrected chi connectivity index (χ3v) is 4.82. The van der Waals surface area contributed by atoms with Gasteiger partial charge in [0, 0.05) is 19.4 Å².